The van der Waals surface area contributed by atoms with Gasteiger partial charge in [-0.1, -0.05) is 29.3 Å². The molecule has 0 fully saturated rings. The fraction of sp³-hybridized carbons (Fsp3) is 0.250. The lowest BCUT2D eigenvalue weighted by Gasteiger charge is -2.12. The van der Waals surface area contributed by atoms with Crippen molar-refractivity contribution in [3.8, 4) is 0 Å². The van der Waals surface area contributed by atoms with Gasteiger partial charge in [-0.2, -0.15) is 0 Å². The molecule has 1 rings (SSSR count). The first kappa shape index (κ1) is 16.3. The molecule has 0 saturated heterocycles. The zero-order valence-corrected chi connectivity index (χ0v) is 11.6. The Morgan fingerprint density at radius 3 is 2.35 bits per heavy atom. The number of amides is 1. The van der Waals surface area contributed by atoms with Gasteiger partial charge in [0.2, 0.25) is 5.91 Å². The average molecular weight is 320 g/mol. The molecule has 0 aliphatic heterocycles. The van der Waals surface area contributed by atoms with Gasteiger partial charge in [0.15, 0.2) is 0 Å². The van der Waals surface area contributed by atoms with E-state index in [2.05, 4.69) is 5.32 Å². The number of carboxylic acid groups (broad SMARTS) is 2. The Labute approximate surface area is 124 Å². The van der Waals surface area contributed by atoms with E-state index in [4.69, 9.17) is 33.4 Å². The molecule has 0 aromatic heterocycles. The molecule has 1 atom stereocenters. The minimum Gasteiger partial charge on any atom is -0.481 e. The lowest BCUT2D eigenvalue weighted by atomic mass is 10.1. The van der Waals surface area contributed by atoms with Crippen molar-refractivity contribution in [3.05, 3.63) is 33.8 Å². The van der Waals surface area contributed by atoms with Crippen LogP contribution < -0.4 is 5.32 Å². The number of aliphatic carboxylic acids is 2. The van der Waals surface area contributed by atoms with Crippen LogP contribution in [0.3, 0.4) is 0 Å². The molecule has 0 saturated carbocycles. The fourth-order valence-electron chi connectivity index (χ4n) is 1.46. The van der Waals surface area contributed by atoms with Crippen LogP contribution in [0, 0.1) is 0 Å². The third kappa shape index (κ3) is 5.07. The van der Waals surface area contributed by atoms with Gasteiger partial charge in [-0.3, -0.25) is 9.59 Å². The fourth-order valence-corrected chi connectivity index (χ4v) is 1.93. The molecule has 0 spiro atoms. The van der Waals surface area contributed by atoms with Gasteiger partial charge < -0.3 is 15.5 Å². The van der Waals surface area contributed by atoms with Crippen LogP contribution in [0.4, 0.5) is 0 Å². The van der Waals surface area contributed by atoms with Crippen molar-refractivity contribution in [2.75, 3.05) is 0 Å². The minimum atomic E-state index is -1.48. The Kier molecular flexibility index (Phi) is 5.79. The summed E-state index contributed by atoms with van der Waals surface area (Å²) in [5, 5.41) is 20.2. The average Bonchev–Trinajstić information content (AvgIpc) is 2.31. The van der Waals surface area contributed by atoms with Gasteiger partial charge in [0.25, 0.3) is 0 Å². The highest BCUT2D eigenvalue weighted by molar-refractivity contribution is 6.35. The second-order valence-electron chi connectivity index (χ2n) is 3.97. The van der Waals surface area contributed by atoms with Crippen molar-refractivity contribution in [3.63, 3.8) is 0 Å². The number of carboxylic acids is 2. The van der Waals surface area contributed by atoms with Crippen LogP contribution in [0.1, 0.15) is 12.0 Å². The van der Waals surface area contributed by atoms with E-state index in [0.717, 1.165) is 0 Å². The Bertz CT molecular complexity index is 547. The van der Waals surface area contributed by atoms with Gasteiger partial charge in [0, 0.05) is 10.0 Å². The monoisotopic (exact) mass is 319 g/mol. The van der Waals surface area contributed by atoms with E-state index in [1.54, 1.807) is 6.07 Å². The van der Waals surface area contributed by atoms with Crippen molar-refractivity contribution < 1.29 is 24.6 Å². The first-order valence-corrected chi connectivity index (χ1v) is 6.23. The standard InChI is InChI=1S/C12H11Cl2NO5/c13-7-2-1-6(8(14)4-7)3-10(16)15-9(12(19)20)5-11(17)18/h1-2,4,9H,3,5H2,(H,15,16)(H,17,18)(H,19,20)/t9-/m0/s1. The summed E-state index contributed by atoms with van der Waals surface area (Å²) in [7, 11) is 0. The SMILES string of the molecule is O=C(O)C[C@H](NC(=O)Cc1ccc(Cl)cc1Cl)C(=O)O. The first-order valence-electron chi connectivity index (χ1n) is 5.47. The minimum absolute atomic E-state index is 0.167. The van der Waals surface area contributed by atoms with Gasteiger partial charge in [0.1, 0.15) is 6.04 Å². The number of rotatable bonds is 6. The number of carbonyl (C=O) groups excluding carboxylic acids is 1. The highest BCUT2D eigenvalue weighted by Crippen LogP contribution is 2.21. The van der Waals surface area contributed by atoms with Crippen molar-refractivity contribution in [2.45, 2.75) is 18.9 Å². The summed E-state index contributed by atoms with van der Waals surface area (Å²) in [6.07, 6.45) is -0.866. The van der Waals surface area contributed by atoms with E-state index in [-0.39, 0.29) is 11.4 Å². The third-order valence-electron chi connectivity index (χ3n) is 2.38. The summed E-state index contributed by atoms with van der Waals surface area (Å²) in [6.45, 7) is 0. The molecule has 0 aliphatic rings. The number of nitrogens with one attached hydrogen (secondary N) is 1. The van der Waals surface area contributed by atoms with Crippen LogP contribution in [-0.4, -0.2) is 34.1 Å². The lowest BCUT2D eigenvalue weighted by Crippen LogP contribution is -2.42. The number of halogens is 2. The van der Waals surface area contributed by atoms with E-state index in [1.165, 1.54) is 12.1 Å². The Hall–Kier alpha value is -1.79. The maximum absolute atomic E-state index is 11.7. The second kappa shape index (κ2) is 7.12. The Morgan fingerprint density at radius 2 is 1.85 bits per heavy atom. The topological polar surface area (TPSA) is 104 Å². The molecule has 20 heavy (non-hydrogen) atoms. The Balaban J connectivity index is 2.70. The maximum Gasteiger partial charge on any atom is 0.326 e. The van der Waals surface area contributed by atoms with E-state index in [1.807, 2.05) is 0 Å². The molecule has 6 nitrogen and oxygen atoms in total. The summed E-state index contributed by atoms with van der Waals surface area (Å²) >= 11 is 11.6. The van der Waals surface area contributed by atoms with Crippen molar-refractivity contribution in [2.24, 2.45) is 0 Å². The van der Waals surface area contributed by atoms with Gasteiger partial charge in [-0.25, -0.2) is 4.79 Å². The number of hydrogen-bond donors (Lipinski definition) is 3. The molecule has 0 aliphatic carbocycles. The zero-order chi connectivity index (χ0) is 15.3. The highest BCUT2D eigenvalue weighted by atomic mass is 35.5. The van der Waals surface area contributed by atoms with Crippen LogP contribution in [0.25, 0.3) is 0 Å². The summed E-state index contributed by atoms with van der Waals surface area (Å²) in [4.78, 5) is 33.0. The normalized spacial score (nSPS) is 11.7. The van der Waals surface area contributed by atoms with Crippen molar-refractivity contribution in [1.82, 2.24) is 5.32 Å². The van der Waals surface area contributed by atoms with Crippen LogP contribution in [-0.2, 0) is 20.8 Å². The molecule has 0 bridgehead atoms. The Morgan fingerprint density at radius 1 is 1.20 bits per heavy atom. The molecule has 1 amide bonds. The number of hydrogen-bond acceptors (Lipinski definition) is 3. The van der Waals surface area contributed by atoms with Gasteiger partial charge in [-0.05, 0) is 17.7 Å². The quantitative estimate of drug-likeness (QED) is 0.738. The van der Waals surface area contributed by atoms with E-state index in [9.17, 15) is 14.4 Å². The molecule has 0 unspecified atom stereocenters. The van der Waals surface area contributed by atoms with Gasteiger partial charge in [0.05, 0.1) is 12.8 Å². The predicted octanol–water partition coefficient (Wildman–Crippen LogP) is 1.58. The summed E-state index contributed by atoms with van der Waals surface area (Å²) < 4.78 is 0. The molecule has 1 aromatic carbocycles. The molecule has 3 N–H and O–H groups in total. The van der Waals surface area contributed by atoms with Crippen LogP contribution >= 0.6 is 23.2 Å². The summed E-state index contributed by atoms with van der Waals surface area (Å²) in [5.41, 5.74) is 0.466. The zero-order valence-electron chi connectivity index (χ0n) is 10.1. The molecule has 1 aromatic rings. The molecular weight excluding hydrogens is 309 g/mol. The van der Waals surface area contributed by atoms with Crippen molar-refractivity contribution in [1.29, 1.82) is 0 Å². The molecule has 0 radical (unpaired) electrons. The summed E-state index contributed by atoms with van der Waals surface area (Å²) in [5.74, 6) is -3.37. The largest absolute Gasteiger partial charge is 0.481 e. The number of carbonyl (C=O) groups is 3. The smallest absolute Gasteiger partial charge is 0.326 e. The molecule has 0 heterocycles. The molecule has 108 valence electrons. The predicted molar refractivity (Wildman–Crippen MR) is 72.0 cm³/mol. The highest BCUT2D eigenvalue weighted by Gasteiger charge is 2.23. The van der Waals surface area contributed by atoms with E-state index < -0.39 is 30.3 Å². The second-order valence-corrected chi connectivity index (χ2v) is 4.81. The van der Waals surface area contributed by atoms with E-state index in [0.29, 0.717) is 10.6 Å². The van der Waals surface area contributed by atoms with Crippen molar-refractivity contribution >= 4 is 41.0 Å². The number of benzene rings is 1. The van der Waals surface area contributed by atoms with Gasteiger partial charge in [-0.15, -0.1) is 0 Å². The van der Waals surface area contributed by atoms with Crippen LogP contribution in [0.15, 0.2) is 18.2 Å². The molecule has 8 heteroatoms. The van der Waals surface area contributed by atoms with E-state index >= 15 is 0 Å². The van der Waals surface area contributed by atoms with Gasteiger partial charge >= 0.3 is 11.9 Å². The maximum atomic E-state index is 11.7. The first-order chi connectivity index (χ1) is 9.29. The lowest BCUT2D eigenvalue weighted by molar-refractivity contribution is -0.147. The van der Waals surface area contributed by atoms with Crippen LogP contribution in [0.2, 0.25) is 10.0 Å². The molecular formula is C12H11Cl2NO5. The van der Waals surface area contributed by atoms with Crippen LogP contribution in [0.5, 0.6) is 0 Å². The summed E-state index contributed by atoms with van der Waals surface area (Å²) in [6, 6.07) is 3.06. The third-order valence-corrected chi connectivity index (χ3v) is 2.97.